The molecule has 1 unspecified atom stereocenters. The molecule has 2 aromatic rings. The first-order valence-electron chi connectivity index (χ1n) is 10.5. The van der Waals surface area contributed by atoms with Crippen LogP contribution in [0.15, 0.2) is 59.5 Å². The summed E-state index contributed by atoms with van der Waals surface area (Å²) in [5.74, 6) is -1.16. The second kappa shape index (κ2) is 11.2. The van der Waals surface area contributed by atoms with Crippen molar-refractivity contribution in [2.24, 2.45) is 0 Å². The largest absolute Gasteiger partial charge is 0.452 e. The van der Waals surface area contributed by atoms with Crippen LogP contribution in [0.3, 0.4) is 0 Å². The Morgan fingerprint density at radius 2 is 1.81 bits per heavy atom. The summed E-state index contributed by atoms with van der Waals surface area (Å²) in [7, 11) is -3.73. The standard InChI is InChI=1S/C23H28N2O6S/c1-18(10-11-19-6-3-2-4-7-19)24-22(26)17-31-23(27)20-8-5-9-21(16-20)32(28,29)25-12-14-30-15-13-25/h2-9,16,18H,10-15,17H2,1H3,(H,24,26). The van der Waals surface area contributed by atoms with Crippen LogP contribution in [0.2, 0.25) is 0 Å². The maximum absolute atomic E-state index is 12.8. The maximum Gasteiger partial charge on any atom is 0.338 e. The van der Waals surface area contributed by atoms with Crippen LogP contribution < -0.4 is 5.32 Å². The van der Waals surface area contributed by atoms with Gasteiger partial charge in [0.25, 0.3) is 5.91 Å². The summed E-state index contributed by atoms with van der Waals surface area (Å²) in [5.41, 5.74) is 1.26. The van der Waals surface area contributed by atoms with Crippen LogP contribution in [-0.2, 0) is 30.7 Å². The lowest BCUT2D eigenvalue weighted by Crippen LogP contribution is -2.40. The molecule has 3 rings (SSSR count). The van der Waals surface area contributed by atoms with Crippen molar-refractivity contribution >= 4 is 21.9 Å². The van der Waals surface area contributed by atoms with E-state index in [4.69, 9.17) is 9.47 Å². The lowest BCUT2D eigenvalue weighted by Gasteiger charge is -2.26. The Morgan fingerprint density at radius 3 is 2.53 bits per heavy atom. The number of morpholine rings is 1. The van der Waals surface area contributed by atoms with Crippen molar-refractivity contribution in [3.63, 3.8) is 0 Å². The molecular weight excluding hydrogens is 432 g/mol. The Bertz CT molecular complexity index is 1020. The highest BCUT2D eigenvalue weighted by Gasteiger charge is 2.27. The molecular formula is C23H28N2O6S. The van der Waals surface area contributed by atoms with Gasteiger partial charge in [0.05, 0.1) is 23.7 Å². The number of esters is 1. The zero-order valence-corrected chi connectivity index (χ0v) is 18.8. The fraction of sp³-hybridized carbons (Fsp3) is 0.391. The number of hydrogen-bond donors (Lipinski definition) is 1. The van der Waals surface area contributed by atoms with Crippen LogP contribution in [0, 0.1) is 0 Å². The molecule has 1 amide bonds. The molecule has 9 heteroatoms. The van der Waals surface area contributed by atoms with Gasteiger partial charge in [-0.15, -0.1) is 0 Å². The molecule has 1 saturated heterocycles. The zero-order valence-electron chi connectivity index (χ0n) is 18.0. The molecule has 0 radical (unpaired) electrons. The van der Waals surface area contributed by atoms with E-state index in [1.807, 2.05) is 37.3 Å². The summed E-state index contributed by atoms with van der Waals surface area (Å²) in [6, 6.07) is 15.5. The highest BCUT2D eigenvalue weighted by Crippen LogP contribution is 2.18. The van der Waals surface area contributed by atoms with E-state index in [2.05, 4.69) is 5.32 Å². The van der Waals surface area contributed by atoms with E-state index in [-0.39, 0.29) is 29.6 Å². The third kappa shape index (κ3) is 6.62. The molecule has 0 spiro atoms. The lowest BCUT2D eigenvalue weighted by atomic mass is 10.1. The number of sulfonamides is 1. The van der Waals surface area contributed by atoms with Gasteiger partial charge in [-0.1, -0.05) is 36.4 Å². The van der Waals surface area contributed by atoms with E-state index in [1.54, 1.807) is 0 Å². The number of carbonyl (C=O) groups excluding carboxylic acids is 2. The predicted octanol–water partition coefficient (Wildman–Crippen LogP) is 2.00. The average molecular weight is 461 g/mol. The maximum atomic E-state index is 12.8. The van der Waals surface area contributed by atoms with E-state index in [1.165, 1.54) is 34.1 Å². The van der Waals surface area contributed by atoms with E-state index in [0.29, 0.717) is 13.2 Å². The van der Waals surface area contributed by atoms with E-state index >= 15 is 0 Å². The minimum Gasteiger partial charge on any atom is -0.452 e. The predicted molar refractivity (Wildman–Crippen MR) is 119 cm³/mol. The number of nitrogens with one attached hydrogen (secondary N) is 1. The van der Waals surface area contributed by atoms with Crippen molar-refractivity contribution in [3.05, 3.63) is 65.7 Å². The molecule has 1 heterocycles. The van der Waals surface area contributed by atoms with Gasteiger partial charge < -0.3 is 14.8 Å². The third-order valence-corrected chi connectivity index (χ3v) is 7.02. The molecule has 0 saturated carbocycles. The summed E-state index contributed by atoms with van der Waals surface area (Å²) in [6.07, 6.45) is 1.58. The number of carbonyl (C=O) groups is 2. The van der Waals surface area contributed by atoms with Crippen molar-refractivity contribution in [1.82, 2.24) is 9.62 Å². The Kier molecular flexibility index (Phi) is 8.38. The van der Waals surface area contributed by atoms with Gasteiger partial charge in [-0.05, 0) is 43.5 Å². The Labute approximate surface area is 188 Å². The highest BCUT2D eigenvalue weighted by molar-refractivity contribution is 7.89. The van der Waals surface area contributed by atoms with E-state index < -0.39 is 28.5 Å². The SMILES string of the molecule is CC(CCc1ccccc1)NC(=O)COC(=O)c1cccc(S(=O)(=O)N2CCOCC2)c1. The molecule has 1 N–H and O–H groups in total. The van der Waals surface area contributed by atoms with E-state index in [0.717, 1.165) is 12.8 Å². The molecule has 1 aliphatic rings. The lowest BCUT2D eigenvalue weighted by molar-refractivity contribution is -0.124. The highest BCUT2D eigenvalue weighted by atomic mass is 32.2. The minimum atomic E-state index is -3.73. The Balaban J connectivity index is 1.50. The number of ether oxygens (including phenoxy) is 2. The molecule has 0 bridgehead atoms. The molecule has 0 aliphatic carbocycles. The number of benzene rings is 2. The number of aryl methyl sites for hydroxylation is 1. The topological polar surface area (TPSA) is 102 Å². The van der Waals surface area contributed by atoms with Crippen molar-refractivity contribution in [3.8, 4) is 0 Å². The van der Waals surface area contributed by atoms with Crippen molar-refractivity contribution < 1.29 is 27.5 Å². The van der Waals surface area contributed by atoms with Gasteiger partial charge in [0, 0.05) is 19.1 Å². The molecule has 32 heavy (non-hydrogen) atoms. The van der Waals surface area contributed by atoms with Gasteiger partial charge in [0.2, 0.25) is 10.0 Å². The zero-order chi connectivity index (χ0) is 23.0. The van der Waals surface area contributed by atoms with Gasteiger partial charge in [-0.3, -0.25) is 4.79 Å². The monoisotopic (exact) mass is 460 g/mol. The molecule has 0 aromatic heterocycles. The van der Waals surface area contributed by atoms with Crippen LogP contribution in [0.1, 0.15) is 29.3 Å². The van der Waals surface area contributed by atoms with Crippen LogP contribution >= 0.6 is 0 Å². The number of hydrogen-bond acceptors (Lipinski definition) is 6. The normalized spacial score (nSPS) is 15.7. The summed E-state index contributed by atoms with van der Waals surface area (Å²) in [6.45, 7) is 2.65. The van der Waals surface area contributed by atoms with Gasteiger partial charge in [-0.25, -0.2) is 13.2 Å². The van der Waals surface area contributed by atoms with Gasteiger partial charge >= 0.3 is 5.97 Å². The molecule has 2 aromatic carbocycles. The molecule has 1 fully saturated rings. The first-order valence-corrected chi connectivity index (χ1v) is 12.0. The van der Waals surface area contributed by atoms with Gasteiger partial charge in [0.1, 0.15) is 0 Å². The average Bonchev–Trinajstić information content (AvgIpc) is 2.82. The van der Waals surface area contributed by atoms with Crippen LogP contribution in [-0.4, -0.2) is 63.6 Å². The smallest absolute Gasteiger partial charge is 0.338 e. The van der Waals surface area contributed by atoms with Crippen molar-refractivity contribution in [2.45, 2.75) is 30.7 Å². The van der Waals surface area contributed by atoms with Crippen LogP contribution in [0.25, 0.3) is 0 Å². The molecule has 8 nitrogen and oxygen atoms in total. The second-order valence-corrected chi connectivity index (χ2v) is 9.55. The number of nitrogens with zero attached hydrogens (tertiary/aromatic N) is 1. The summed E-state index contributed by atoms with van der Waals surface area (Å²) in [5, 5.41) is 2.81. The summed E-state index contributed by atoms with van der Waals surface area (Å²) in [4.78, 5) is 24.5. The summed E-state index contributed by atoms with van der Waals surface area (Å²) < 4.78 is 37.1. The van der Waals surface area contributed by atoms with Crippen molar-refractivity contribution in [1.29, 1.82) is 0 Å². The fourth-order valence-corrected chi connectivity index (χ4v) is 4.80. The number of rotatable bonds is 9. The Hall–Kier alpha value is -2.75. The second-order valence-electron chi connectivity index (χ2n) is 7.61. The van der Waals surface area contributed by atoms with Gasteiger partial charge in [-0.2, -0.15) is 4.31 Å². The first-order chi connectivity index (χ1) is 15.4. The molecule has 1 atom stereocenters. The van der Waals surface area contributed by atoms with Crippen molar-refractivity contribution in [2.75, 3.05) is 32.9 Å². The Morgan fingerprint density at radius 1 is 1.09 bits per heavy atom. The van der Waals surface area contributed by atoms with Crippen LogP contribution in [0.5, 0.6) is 0 Å². The van der Waals surface area contributed by atoms with Crippen LogP contribution in [0.4, 0.5) is 0 Å². The van der Waals surface area contributed by atoms with Gasteiger partial charge in [0.15, 0.2) is 6.61 Å². The molecule has 172 valence electrons. The number of amides is 1. The quantitative estimate of drug-likeness (QED) is 0.575. The molecule has 1 aliphatic heterocycles. The van der Waals surface area contributed by atoms with E-state index in [9.17, 15) is 18.0 Å². The summed E-state index contributed by atoms with van der Waals surface area (Å²) >= 11 is 0. The third-order valence-electron chi connectivity index (χ3n) is 5.13. The first kappa shape index (κ1) is 23.9. The minimum absolute atomic E-state index is 0.00726. The fourth-order valence-electron chi connectivity index (χ4n) is 3.35.